The molecule has 1 aromatic rings. The van der Waals surface area contributed by atoms with Crippen LogP contribution in [0.2, 0.25) is 0 Å². The summed E-state index contributed by atoms with van der Waals surface area (Å²) >= 11 is 0. The number of para-hydroxylation sites is 1. The zero-order valence-corrected chi connectivity index (χ0v) is 13.2. The number of nitrogens with one attached hydrogen (secondary N) is 1. The van der Waals surface area contributed by atoms with Gasteiger partial charge in [0.15, 0.2) is 0 Å². The molecule has 2 unspecified atom stereocenters. The summed E-state index contributed by atoms with van der Waals surface area (Å²) in [6.07, 6.45) is 1.82. The van der Waals surface area contributed by atoms with Gasteiger partial charge >= 0.3 is 0 Å². The number of amides is 1. The summed E-state index contributed by atoms with van der Waals surface area (Å²) in [6.45, 7) is 8.52. The van der Waals surface area contributed by atoms with Crippen LogP contribution in [0.25, 0.3) is 0 Å². The van der Waals surface area contributed by atoms with Crippen molar-refractivity contribution in [3.8, 4) is 0 Å². The first kappa shape index (κ1) is 14.9. The molecular weight excluding hydrogens is 248 g/mol. The molecule has 1 N–H and O–H groups in total. The monoisotopic (exact) mass is 274 g/mol. The molecule has 0 saturated heterocycles. The van der Waals surface area contributed by atoms with Gasteiger partial charge in [-0.15, -0.1) is 0 Å². The van der Waals surface area contributed by atoms with Gasteiger partial charge in [0, 0.05) is 24.3 Å². The van der Waals surface area contributed by atoms with E-state index in [0.717, 1.165) is 24.1 Å². The quantitative estimate of drug-likeness (QED) is 0.913. The predicted octanol–water partition coefficient (Wildman–Crippen LogP) is 3.62. The Labute approximate surface area is 122 Å². The van der Waals surface area contributed by atoms with Gasteiger partial charge in [0.25, 0.3) is 0 Å². The lowest BCUT2D eigenvalue weighted by molar-refractivity contribution is -0.136. The zero-order chi connectivity index (χ0) is 14.9. The maximum atomic E-state index is 12.9. The van der Waals surface area contributed by atoms with E-state index in [1.165, 1.54) is 0 Å². The molecule has 1 heterocycles. The van der Waals surface area contributed by atoms with Gasteiger partial charge in [-0.1, -0.05) is 25.1 Å². The molecule has 0 aromatic heterocycles. The number of benzene rings is 1. The summed E-state index contributed by atoms with van der Waals surface area (Å²) in [5.41, 5.74) is 2.14. The summed E-state index contributed by atoms with van der Waals surface area (Å²) in [5.74, 6) is 0.205. The van der Waals surface area contributed by atoms with Crippen molar-refractivity contribution in [2.45, 2.75) is 58.0 Å². The number of carbonyl (C=O) groups excluding carboxylic acids is 1. The number of carbonyl (C=O) groups is 1. The molecule has 1 aromatic carbocycles. The van der Waals surface area contributed by atoms with Gasteiger partial charge in [-0.3, -0.25) is 4.79 Å². The normalized spacial score (nSPS) is 21.9. The van der Waals surface area contributed by atoms with Crippen LogP contribution in [0.3, 0.4) is 0 Å². The van der Waals surface area contributed by atoms with E-state index < -0.39 is 0 Å². The topological polar surface area (TPSA) is 32.3 Å². The Morgan fingerprint density at radius 2 is 2.05 bits per heavy atom. The molecule has 1 aliphatic heterocycles. The summed E-state index contributed by atoms with van der Waals surface area (Å²) in [6, 6.07) is 8.50. The minimum atomic E-state index is -0.0971. The van der Waals surface area contributed by atoms with Gasteiger partial charge in [-0.05, 0) is 45.2 Å². The fraction of sp³-hybridized carbons (Fsp3) is 0.588. The van der Waals surface area contributed by atoms with Crippen molar-refractivity contribution in [1.82, 2.24) is 4.90 Å². The molecule has 0 radical (unpaired) electrons. The fourth-order valence-electron chi connectivity index (χ4n) is 2.74. The highest BCUT2D eigenvalue weighted by atomic mass is 16.2. The lowest BCUT2D eigenvalue weighted by Crippen LogP contribution is -2.47. The smallest absolute Gasteiger partial charge is 0.230 e. The maximum Gasteiger partial charge on any atom is 0.230 e. The Balaban J connectivity index is 2.31. The van der Waals surface area contributed by atoms with Gasteiger partial charge in [0.2, 0.25) is 5.91 Å². The number of hydrogen-bond acceptors (Lipinski definition) is 2. The lowest BCUT2D eigenvalue weighted by Gasteiger charge is -2.39. The largest absolute Gasteiger partial charge is 0.382 e. The van der Waals surface area contributed by atoms with Crippen LogP contribution >= 0.6 is 0 Å². The van der Waals surface area contributed by atoms with E-state index in [9.17, 15) is 4.79 Å². The SMILES string of the molecule is CCC(C)(C)N(C)C(=O)C1CC(C)Nc2ccccc21. The highest BCUT2D eigenvalue weighted by molar-refractivity contribution is 5.87. The predicted molar refractivity (Wildman–Crippen MR) is 84.0 cm³/mol. The minimum absolute atomic E-state index is 0.0294. The number of rotatable bonds is 3. The van der Waals surface area contributed by atoms with Crippen LogP contribution in [0.4, 0.5) is 5.69 Å². The Kier molecular flexibility index (Phi) is 4.07. The van der Waals surface area contributed by atoms with Gasteiger partial charge in [-0.2, -0.15) is 0 Å². The molecule has 0 bridgehead atoms. The second kappa shape index (κ2) is 5.47. The van der Waals surface area contributed by atoms with E-state index in [-0.39, 0.29) is 17.4 Å². The van der Waals surface area contributed by atoms with Crippen molar-refractivity contribution < 1.29 is 4.79 Å². The van der Waals surface area contributed by atoms with Crippen molar-refractivity contribution in [3.05, 3.63) is 29.8 Å². The van der Waals surface area contributed by atoms with Gasteiger partial charge in [0.05, 0.1) is 5.92 Å². The van der Waals surface area contributed by atoms with Crippen LogP contribution in [-0.2, 0) is 4.79 Å². The number of likely N-dealkylation sites (N-methyl/N-ethyl adjacent to an activating group) is 1. The number of hydrogen-bond donors (Lipinski definition) is 1. The van der Waals surface area contributed by atoms with Crippen molar-refractivity contribution >= 4 is 11.6 Å². The third kappa shape index (κ3) is 2.67. The second-order valence-corrected chi connectivity index (χ2v) is 6.48. The van der Waals surface area contributed by atoms with Crippen molar-refractivity contribution in [3.63, 3.8) is 0 Å². The van der Waals surface area contributed by atoms with E-state index in [0.29, 0.717) is 6.04 Å². The van der Waals surface area contributed by atoms with Crippen LogP contribution in [-0.4, -0.2) is 29.4 Å². The Morgan fingerprint density at radius 3 is 2.70 bits per heavy atom. The minimum Gasteiger partial charge on any atom is -0.382 e. The highest BCUT2D eigenvalue weighted by Crippen LogP contribution is 2.36. The van der Waals surface area contributed by atoms with Crippen molar-refractivity contribution in [1.29, 1.82) is 0 Å². The second-order valence-electron chi connectivity index (χ2n) is 6.48. The molecule has 3 heteroatoms. The van der Waals surface area contributed by atoms with Gasteiger partial charge in [0.1, 0.15) is 0 Å². The molecular formula is C17H26N2O. The average molecular weight is 274 g/mol. The molecule has 3 nitrogen and oxygen atoms in total. The molecule has 20 heavy (non-hydrogen) atoms. The molecule has 1 aliphatic rings. The number of nitrogens with zero attached hydrogens (tertiary/aromatic N) is 1. The molecule has 0 saturated carbocycles. The number of fused-ring (bicyclic) bond motifs is 1. The molecule has 0 spiro atoms. The van der Waals surface area contributed by atoms with Crippen LogP contribution in [0.1, 0.15) is 52.0 Å². The summed E-state index contributed by atoms with van der Waals surface area (Å²) in [7, 11) is 1.93. The fourth-order valence-corrected chi connectivity index (χ4v) is 2.74. The summed E-state index contributed by atoms with van der Waals surface area (Å²) in [5, 5.41) is 3.47. The van der Waals surface area contributed by atoms with Crippen LogP contribution in [0, 0.1) is 0 Å². The van der Waals surface area contributed by atoms with E-state index in [1.807, 2.05) is 24.1 Å². The standard InChI is InChI=1S/C17H26N2O/c1-6-17(3,4)19(5)16(20)14-11-12(2)18-15-10-8-7-9-13(14)15/h7-10,12,14,18H,6,11H2,1-5H3. The Morgan fingerprint density at radius 1 is 1.40 bits per heavy atom. The highest BCUT2D eigenvalue weighted by Gasteiger charge is 2.35. The Hall–Kier alpha value is -1.51. The van der Waals surface area contributed by atoms with Crippen molar-refractivity contribution in [2.24, 2.45) is 0 Å². The summed E-state index contributed by atoms with van der Waals surface area (Å²) < 4.78 is 0. The van der Waals surface area contributed by atoms with Crippen LogP contribution < -0.4 is 5.32 Å². The van der Waals surface area contributed by atoms with E-state index in [1.54, 1.807) is 0 Å². The third-order valence-corrected chi connectivity index (χ3v) is 4.73. The first-order valence-corrected chi connectivity index (χ1v) is 7.50. The van der Waals surface area contributed by atoms with E-state index in [2.05, 4.69) is 45.1 Å². The van der Waals surface area contributed by atoms with Gasteiger partial charge < -0.3 is 10.2 Å². The van der Waals surface area contributed by atoms with Gasteiger partial charge in [-0.25, -0.2) is 0 Å². The van der Waals surface area contributed by atoms with E-state index in [4.69, 9.17) is 0 Å². The lowest BCUT2D eigenvalue weighted by atomic mass is 9.85. The third-order valence-electron chi connectivity index (χ3n) is 4.73. The van der Waals surface area contributed by atoms with Crippen LogP contribution in [0.5, 0.6) is 0 Å². The zero-order valence-electron chi connectivity index (χ0n) is 13.2. The number of anilines is 1. The Bertz CT molecular complexity index is 496. The summed E-state index contributed by atoms with van der Waals surface area (Å²) in [4.78, 5) is 14.8. The van der Waals surface area contributed by atoms with Crippen molar-refractivity contribution in [2.75, 3.05) is 12.4 Å². The average Bonchev–Trinajstić information content (AvgIpc) is 2.44. The molecule has 110 valence electrons. The molecule has 2 rings (SSSR count). The molecule has 1 amide bonds. The molecule has 2 atom stereocenters. The first-order valence-electron chi connectivity index (χ1n) is 7.50. The maximum absolute atomic E-state index is 12.9. The first-order chi connectivity index (χ1) is 9.36. The molecule has 0 fully saturated rings. The molecule has 0 aliphatic carbocycles. The van der Waals surface area contributed by atoms with Crippen LogP contribution in [0.15, 0.2) is 24.3 Å². The van der Waals surface area contributed by atoms with E-state index >= 15 is 0 Å².